The molecule has 1 aromatic carbocycles. The molecule has 4 nitrogen and oxygen atoms in total. The zero-order valence-corrected chi connectivity index (χ0v) is 9.84. The zero-order valence-electron chi connectivity index (χ0n) is 9.84. The molecule has 3 rings (SSSR count). The Kier molecular flexibility index (Phi) is 2.13. The van der Waals surface area contributed by atoms with Gasteiger partial charge in [0.25, 0.3) is 11.4 Å². The maximum Gasteiger partial charge on any atom is 0.263 e. The predicted molar refractivity (Wildman–Crippen MR) is 66.8 cm³/mol. The lowest BCUT2D eigenvalue weighted by Crippen LogP contribution is -2.33. The first-order chi connectivity index (χ1) is 8.59. The van der Waals surface area contributed by atoms with Crippen LogP contribution in [0.2, 0.25) is 0 Å². The topological polar surface area (TPSA) is 52.4 Å². The number of carbonyl (C=O) groups excluding carboxylic acids is 1. The van der Waals surface area contributed by atoms with Gasteiger partial charge in [-0.15, -0.1) is 0 Å². The molecule has 0 aromatic heterocycles. The molecule has 2 aliphatic rings. The van der Waals surface area contributed by atoms with Gasteiger partial charge < -0.3 is 9.94 Å². The maximum atomic E-state index is 12.3. The highest BCUT2D eigenvalue weighted by molar-refractivity contribution is 6.19. The highest BCUT2D eigenvalue weighted by Gasteiger charge is 2.38. The third kappa shape index (κ3) is 1.32. The number of hydrogen-bond acceptors (Lipinski definition) is 3. The molecule has 0 fully saturated rings. The van der Waals surface area contributed by atoms with Gasteiger partial charge in [-0.2, -0.15) is 4.74 Å². The Morgan fingerprint density at radius 1 is 1.39 bits per heavy atom. The van der Waals surface area contributed by atoms with Crippen LogP contribution < -0.4 is 4.74 Å². The molecule has 1 aromatic rings. The van der Waals surface area contributed by atoms with Crippen molar-refractivity contribution in [2.75, 3.05) is 0 Å². The molecule has 0 saturated heterocycles. The van der Waals surface area contributed by atoms with E-state index >= 15 is 0 Å². The normalized spacial score (nSPS) is 22.1. The van der Waals surface area contributed by atoms with Crippen LogP contribution in [0.15, 0.2) is 48.3 Å². The van der Waals surface area contributed by atoms with E-state index in [0.29, 0.717) is 22.7 Å². The molecular weight excluding hydrogens is 230 g/mol. The summed E-state index contributed by atoms with van der Waals surface area (Å²) in [7, 11) is 0. The molecule has 0 spiro atoms. The van der Waals surface area contributed by atoms with Crippen molar-refractivity contribution in [1.82, 2.24) is 0 Å². The van der Waals surface area contributed by atoms with E-state index in [4.69, 9.17) is 4.74 Å². The fourth-order valence-electron chi connectivity index (χ4n) is 2.12. The van der Waals surface area contributed by atoms with Crippen LogP contribution in [0.3, 0.4) is 0 Å². The van der Waals surface area contributed by atoms with Crippen molar-refractivity contribution in [3.05, 3.63) is 53.5 Å². The first-order valence-corrected chi connectivity index (χ1v) is 5.66. The van der Waals surface area contributed by atoms with Crippen LogP contribution in [0.5, 0.6) is 5.75 Å². The number of allylic oxidation sites excluding steroid dienone is 2. The number of rotatable bonds is 0. The van der Waals surface area contributed by atoms with Crippen molar-refractivity contribution in [3.8, 4) is 5.75 Å². The van der Waals surface area contributed by atoms with Gasteiger partial charge in [-0.05, 0) is 6.07 Å². The van der Waals surface area contributed by atoms with Crippen LogP contribution in [0.25, 0.3) is 0 Å². The Balaban J connectivity index is 2.27. The van der Waals surface area contributed by atoms with Crippen molar-refractivity contribution >= 4 is 17.2 Å². The number of hydrogen-bond donors (Lipinski definition) is 0. The van der Waals surface area contributed by atoms with Crippen LogP contribution in [-0.2, 0) is 4.79 Å². The van der Waals surface area contributed by atoms with Gasteiger partial charge in [0.1, 0.15) is 0 Å². The average Bonchev–Trinajstić information content (AvgIpc) is 2.36. The molecule has 1 aliphatic heterocycles. The summed E-state index contributed by atoms with van der Waals surface area (Å²) < 4.78 is 6.38. The number of carbonyl (C=O) groups is 1. The van der Waals surface area contributed by atoms with Crippen molar-refractivity contribution < 1.29 is 14.3 Å². The molecule has 0 amide bonds. The third-order valence-electron chi connectivity index (χ3n) is 3.27. The molecule has 0 N–H and O–H groups in total. The maximum absolute atomic E-state index is 12.3. The van der Waals surface area contributed by atoms with Crippen molar-refractivity contribution in [3.63, 3.8) is 0 Å². The van der Waals surface area contributed by atoms with Crippen LogP contribution in [0.1, 0.15) is 6.92 Å². The Bertz CT molecular complexity index is 640. The molecule has 1 aliphatic carbocycles. The number of ketones is 1. The van der Waals surface area contributed by atoms with Crippen LogP contribution in [0, 0.1) is 11.1 Å². The van der Waals surface area contributed by atoms with Gasteiger partial charge in [0.15, 0.2) is 11.5 Å². The van der Waals surface area contributed by atoms with Gasteiger partial charge in [0.05, 0.1) is 5.92 Å². The van der Waals surface area contributed by atoms with Crippen LogP contribution in [-0.4, -0.2) is 16.2 Å². The molecule has 0 radical (unpaired) electrons. The van der Waals surface area contributed by atoms with E-state index in [1.54, 1.807) is 31.2 Å². The molecule has 4 heteroatoms. The summed E-state index contributed by atoms with van der Waals surface area (Å²) in [4.78, 5) is 11.7. The molecule has 0 bridgehead atoms. The van der Waals surface area contributed by atoms with E-state index in [1.807, 2.05) is 0 Å². The number of para-hydroxylation sites is 2. The lowest BCUT2D eigenvalue weighted by molar-refractivity contribution is -0.365. The van der Waals surface area contributed by atoms with Crippen LogP contribution in [0.4, 0.5) is 5.69 Å². The summed E-state index contributed by atoms with van der Waals surface area (Å²) in [5.41, 5.74) is 1.29. The molecule has 0 saturated carbocycles. The van der Waals surface area contributed by atoms with Crippen LogP contribution >= 0.6 is 0 Å². The lowest BCUT2D eigenvalue weighted by Gasteiger charge is -2.26. The smallest absolute Gasteiger partial charge is 0.263 e. The second-order valence-electron chi connectivity index (χ2n) is 4.37. The minimum absolute atomic E-state index is 0.0912. The van der Waals surface area contributed by atoms with E-state index in [2.05, 4.69) is 6.58 Å². The van der Waals surface area contributed by atoms with E-state index in [1.165, 1.54) is 6.08 Å². The third-order valence-corrected chi connectivity index (χ3v) is 3.27. The summed E-state index contributed by atoms with van der Waals surface area (Å²) in [6.45, 7) is 5.57. The number of ether oxygens (including phenoxy) is 1. The van der Waals surface area contributed by atoms with Gasteiger partial charge in [-0.25, -0.2) is 0 Å². The first-order valence-electron chi connectivity index (χ1n) is 5.66. The lowest BCUT2D eigenvalue weighted by atomic mass is 9.87. The minimum atomic E-state index is -0.380. The highest BCUT2D eigenvalue weighted by atomic mass is 16.5. The summed E-state index contributed by atoms with van der Waals surface area (Å²) in [5, 5.41) is 12.3. The number of nitrogens with zero attached hydrogens (tertiary/aromatic N) is 1. The molecule has 1 atom stereocenters. The second kappa shape index (κ2) is 3.57. The Hall–Kier alpha value is -2.36. The molecule has 18 heavy (non-hydrogen) atoms. The molecular formula is C14H11NO3. The summed E-state index contributed by atoms with van der Waals surface area (Å²) in [5.74, 6) is 0.273. The van der Waals surface area contributed by atoms with Gasteiger partial charge in [0, 0.05) is 17.7 Å². The van der Waals surface area contributed by atoms with E-state index < -0.39 is 0 Å². The average molecular weight is 241 g/mol. The van der Waals surface area contributed by atoms with Gasteiger partial charge in [-0.3, -0.25) is 4.79 Å². The quantitative estimate of drug-likeness (QED) is 0.517. The highest BCUT2D eigenvalue weighted by Crippen LogP contribution is 2.36. The first kappa shape index (κ1) is 10.8. The van der Waals surface area contributed by atoms with E-state index in [0.717, 1.165) is 4.74 Å². The largest absolute Gasteiger partial charge is 0.618 e. The Morgan fingerprint density at radius 3 is 2.89 bits per heavy atom. The SMILES string of the molecule is C=C1C2=[N+]([O-])c3ccccc3OC2=CC(=O)C1C. The fraction of sp³-hybridized carbons (Fsp3) is 0.143. The van der Waals surface area contributed by atoms with E-state index in [9.17, 15) is 10.0 Å². The second-order valence-corrected chi connectivity index (χ2v) is 4.37. The van der Waals surface area contributed by atoms with Crippen molar-refractivity contribution in [1.29, 1.82) is 0 Å². The van der Waals surface area contributed by atoms with E-state index in [-0.39, 0.29) is 17.5 Å². The number of benzene rings is 1. The molecule has 1 unspecified atom stereocenters. The summed E-state index contributed by atoms with van der Waals surface area (Å²) in [6.07, 6.45) is 1.37. The zero-order chi connectivity index (χ0) is 12.9. The van der Waals surface area contributed by atoms with Crippen molar-refractivity contribution in [2.24, 2.45) is 5.92 Å². The van der Waals surface area contributed by atoms with Gasteiger partial charge in [0.2, 0.25) is 5.76 Å². The summed E-state index contributed by atoms with van der Waals surface area (Å²) in [6, 6.07) is 6.92. The molecule has 1 heterocycles. The van der Waals surface area contributed by atoms with Crippen molar-refractivity contribution in [2.45, 2.75) is 6.92 Å². The predicted octanol–water partition coefficient (Wildman–Crippen LogP) is 2.32. The molecule has 90 valence electrons. The summed E-state index contributed by atoms with van der Waals surface area (Å²) >= 11 is 0. The fourth-order valence-corrected chi connectivity index (χ4v) is 2.12. The standard InChI is InChI=1S/C14H11NO3/c1-8-9(2)14-13(7-11(8)16)18-12-6-4-3-5-10(12)15(14)17/h3-8H,2H2,1H3. The Morgan fingerprint density at radius 2 is 2.11 bits per heavy atom. The monoisotopic (exact) mass is 241 g/mol. The number of fused-ring (bicyclic) bond motifs is 2. The minimum Gasteiger partial charge on any atom is -0.618 e. The van der Waals surface area contributed by atoms with Gasteiger partial charge in [-0.1, -0.05) is 25.6 Å². The Labute approximate surface area is 104 Å². The van der Waals surface area contributed by atoms with Gasteiger partial charge >= 0.3 is 0 Å².